The number of hydrogen-bond acceptors (Lipinski definition) is 5. The van der Waals surface area contributed by atoms with E-state index in [2.05, 4.69) is 0 Å². The number of amides is 3. The fourth-order valence-electron chi connectivity index (χ4n) is 4.31. The first kappa shape index (κ1) is 22.0. The highest BCUT2D eigenvalue weighted by atomic mass is 16.5. The largest absolute Gasteiger partial charge is 0.454 e. The summed E-state index contributed by atoms with van der Waals surface area (Å²) in [7, 11) is 0. The molecule has 0 spiro atoms. The van der Waals surface area contributed by atoms with Crippen LogP contribution in [0.15, 0.2) is 24.3 Å². The minimum Gasteiger partial charge on any atom is -0.454 e. The predicted octanol–water partition coefficient (Wildman–Crippen LogP) is 3.03. The fraction of sp³-hybridized carbons (Fsp3) is 0.565. The van der Waals surface area contributed by atoms with Crippen molar-refractivity contribution in [1.82, 2.24) is 9.80 Å². The Morgan fingerprint density at radius 2 is 1.73 bits per heavy atom. The van der Waals surface area contributed by atoms with Crippen molar-refractivity contribution >= 4 is 23.7 Å². The van der Waals surface area contributed by atoms with Gasteiger partial charge in [-0.2, -0.15) is 0 Å². The van der Waals surface area contributed by atoms with Gasteiger partial charge < -0.3 is 9.64 Å². The summed E-state index contributed by atoms with van der Waals surface area (Å²) in [5, 5.41) is 0. The Kier molecular flexibility index (Phi) is 6.90. The topological polar surface area (TPSA) is 84.0 Å². The van der Waals surface area contributed by atoms with Gasteiger partial charge in [-0.05, 0) is 50.2 Å². The molecule has 7 heteroatoms. The predicted molar refractivity (Wildman–Crippen MR) is 111 cm³/mol. The van der Waals surface area contributed by atoms with Crippen LogP contribution in [0.5, 0.6) is 0 Å². The van der Waals surface area contributed by atoms with Crippen molar-refractivity contribution in [3.05, 3.63) is 35.4 Å². The van der Waals surface area contributed by atoms with Crippen molar-refractivity contribution in [2.24, 2.45) is 5.92 Å². The number of ether oxygens (including phenoxy) is 1. The van der Waals surface area contributed by atoms with Crippen LogP contribution in [0, 0.1) is 5.92 Å². The maximum absolute atomic E-state index is 12.9. The molecule has 0 saturated carbocycles. The molecule has 2 aliphatic rings. The second-order valence-electron chi connectivity index (χ2n) is 8.42. The van der Waals surface area contributed by atoms with E-state index in [4.69, 9.17) is 4.74 Å². The lowest BCUT2D eigenvalue weighted by Crippen LogP contribution is -2.48. The van der Waals surface area contributed by atoms with Crippen molar-refractivity contribution in [3.8, 4) is 0 Å². The highest BCUT2D eigenvalue weighted by molar-refractivity contribution is 6.22. The minimum absolute atomic E-state index is 0.0501. The van der Waals surface area contributed by atoms with Crippen molar-refractivity contribution < 1.29 is 23.9 Å². The molecule has 0 radical (unpaired) electrons. The van der Waals surface area contributed by atoms with Crippen molar-refractivity contribution in [2.45, 2.75) is 65.0 Å². The third-order valence-electron chi connectivity index (χ3n) is 5.86. The number of likely N-dealkylation sites (tertiary alicyclic amines) is 1. The molecular formula is C23H30N2O5. The van der Waals surface area contributed by atoms with E-state index in [0.717, 1.165) is 30.6 Å². The average molecular weight is 415 g/mol. The maximum Gasteiger partial charge on any atom is 0.329 e. The molecule has 2 aliphatic heterocycles. The normalized spacial score (nSPS) is 19.8. The van der Waals surface area contributed by atoms with E-state index >= 15 is 0 Å². The van der Waals surface area contributed by atoms with Crippen LogP contribution in [0.2, 0.25) is 0 Å². The number of benzene rings is 1. The zero-order valence-electron chi connectivity index (χ0n) is 17.9. The number of nitrogens with zero attached hydrogens (tertiary/aromatic N) is 2. The molecule has 3 amide bonds. The standard InChI is InChI=1S/C23H30N2O5/c1-4-16-9-7-8-12-24(16)20(26)14-30-23(29)19(13-15(2)3)25-21(27)17-10-5-6-11-18(17)22(25)28/h5-6,10-11,15-16,19H,4,7-9,12-14H2,1-3H3/t16-,19-/m0/s1. The van der Waals surface area contributed by atoms with Crippen LogP contribution >= 0.6 is 0 Å². The summed E-state index contributed by atoms with van der Waals surface area (Å²) in [4.78, 5) is 54.0. The Morgan fingerprint density at radius 3 is 2.30 bits per heavy atom. The molecular weight excluding hydrogens is 384 g/mol. The summed E-state index contributed by atoms with van der Waals surface area (Å²) in [6.45, 7) is 6.16. The lowest BCUT2D eigenvalue weighted by atomic mass is 10.00. The van der Waals surface area contributed by atoms with Gasteiger partial charge in [0.2, 0.25) is 0 Å². The van der Waals surface area contributed by atoms with Gasteiger partial charge in [0.05, 0.1) is 11.1 Å². The van der Waals surface area contributed by atoms with Crippen LogP contribution in [-0.2, 0) is 14.3 Å². The van der Waals surface area contributed by atoms with E-state index < -0.39 is 23.8 Å². The monoisotopic (exact) mass is 414 g/mol. The SMILES string of the molecule is CC[C@H]1CCCCN1C(=O)COC(=O)[C@H](CC(C)C)N1C(=O)c2ccccc2C1=O. The van der Waals surface area contributed by atoms with E-state index in [0.29, 0.717) is 17.7 Å². The van der Waals surface area contributed by atoms with Gasteiger partial charge in [-0.3, -0.25) is 19.3 Å². The van der Waals surface area contributed by atoms with E-state index in [1.807, 2.05) is 20.8 Å². The fourth-order valence-corrected chi connectivity index (χ4v) is 4.31. The molecule has 7 nitrogen and oxygen atoms in total. The summed E-state index contributed by atoms with van der Waals surface area (Å²) in [5.41, 5.74) is 0.582. The molecule has 0 unspecified atom stereocenters. The molecule has 0 bridgehead atoms. The number of imide groups is 1. The zero-order valence-corrected chi connectivity index (χ0v) is 17.9. The molecule has 1 aromatic rings. The first-order valence-electron chi connectivity index (χ1n) is 10.8. The van der Waals surface area contributed by atoms with Gasteiger partial charge >= 0.3 is 5.97 Å². The summed E-state index contributed by atoms with van der Waals surface area (Å²) in [5.74, 6) is -1.87. The lowest BCUT2D eigenvalue weighted by Gasteiger charge is -2.35. The van der Waals surface area contributed by atoms with Crippen LogP contribution in [0.4, 0.5) is 0 Å². The molecule has 162 valence electrons. The van der Waals surface area contributed by atoms with E-state index in [9.17, 15) is 19.2 Å². The van der Waals surface area contributed by atoms with Crippen LogP contribution < -0.4 is 0 Å². The number of piperidine rings is 1. The Hall–Kier alpha value is -2.70. The first-order chi connectivity index (χ1) is 14.3. The highest BCUT2D eigenvalue weighted by Gasteiger charge is 2.43. The van der Waals surface area contributed by atoms with Crippen LogP contribution in [0.3, 0.4) is 0 Å². The molecule has 0 aromatic heterocycles. The van der Waals surface area contributed by atoms with Crippen LogP contribution in [0.1, 0.15) is 73.6 Å². The van der Waals surface area contributed by atoms with E-state index in [-0.39, 0.29) is 30.9 Å². The van der Waals surface area contributed by atoms with Gasteiger partial charge in [-0.1, -0.05) is 32.9 Å². The van der Waals surface area contributed by atoms with Gasteiger partial charge in [0.15, 0.2) is 6.61 Å². The number of fused-ring (bicyclic) bond motifs is 1. The zero-order chi connectivity index (χ0) is 21.8. The van der Waals surface area contributed by atoms with Gasteiger partial charge in [-0.25, -0.2) is 4.79 Å². The molecule has 2 atom stereocenters. The Morgan fingerprint density at radius 1 is 1.10 bits per heavy atom. The van der Waals surface area contributed by atoms with Gasteiger partial charge in [0, 0.05) is 12.6 Å². The number of hydrogen-bond donors (Lipinski definition) is 0. The molecule has 0 N–H and O–H groups in total. The third-order valence-corrected chi connectivity index (χ3v) is 5.86. The lowest BCUT2D eigenvalue weighted by molar-refractivity contribution is -0.157. The molecule has 1 saturated heterocycles. The van der Waals surface area contributed by atoms with Crippen molar-refractivity contribution in [3.63, 3.8) is 0 Å². The molecule has 1 fully saturated rings. The number of carbonyl (C=O) groups excluding carboxylic acids is 4. The molecule has 30 heavy (non-hydrogen) atoms. The smallest absolute Gasteiger partial charge is 0.329 e. The Bertz CT molecular complexity index is 800. The molecule has 1 aromatic carbocycles. The summed E-state index contributed by atoms with van der Waals surface area (Å²) in [6.07, 6.45) is 4.14. The van der Waals surface area contributed by atoms with E-state index in [1.54, 1.807) is 29.2 Å². The third kappa shape index (κ3) is 4.40. The maximum atomic E-state index is 12.9. The van der Waals surface area contributed by atoms with Gasteiger partial charge in [-0.15, -0.1) is 0 Å². The van der Waals surface area contributed by atoms with Crippen LogP contribution in [0.25, 0.3) is 0 Å². The summed E-state index contributed by atoms with van der Waals surface area (Å²) >= 11 is 0. The van der Waals surface area contributed by atoms with Crippen molar-refractivity contribution in [1.29, 1.82) is 0 Å². The summed E-state index contributed by atoms with van der Waals surface area (Å²) < 4.78 is 5.34. The molecule has 2 heterocycles. The summed E-state index contributed by atoms with van der Waals surface area (Å²) in [6, 6.07) is 5.66. The number of esters is 1. The number of carbonyl (C=O) groups is 4. The van der Waals surface area contributed by atoms with Crippen LogP contribution in [-0.4, -0.2) is 58.7 Å². The molecule has 0 aliphatic carbocycles. The first-order valence-corrected chi connectivity index (χ1v) is 10.8. The Labute approximate surface area is 177 Å². The second kappa shape index (κ2) is 9.41. The second-order valence-corrected chi connectivity index (χ2v) is 8.42. The average Bonchev–Trinajstić information content (AvgIpc) is 3.00. The van der Waals surface area contributed by atoms with Gasteiger partial charge in [0.1, 0.15) is 6.04 Å². The quantitative estimate of drug-likeness (QED) is 0.506. The minimum atomic E-state index is -1.05. The van der Waals surface area contributed by atoms with E-state index in [1.165, 1.54) is 0 Å². The Balaban J connectivity index is 1.71. The van der Waals surface area contributed by atoms with Gasteiger partial charge in [0.25, 0.3) is 17.7 Å². The highest BCUT2D eigenvalue weighted by Crippen LogP contribution is 2.27. The molecule has 3 rings (SSSR count). The number of rotatable bonds is 7. The van der Waals surface area contributed by atoms with Crippen molar-refractivity contribution in [2.75, 3.05) is 13.2 Å².